The summed E-state index contributed by atoms with van der Waals surface area (Å²) in [4.78, 5) is 50.8. The Labute approximate surface area is 193 Å². The SMILES string of the molecule is CCCCN1CC(C(=O)Nc2ccc(C(=O)Nc3cccc(C(=O)OCC)c3)cc2)CC1=O. The maximum atomic E-state index is 12.6. The normalized spacial score (nSPS) is 15.3. The molecule has 2 N–H and O–H groups in total. The van der Waals surface area contributed by atoms with Gasteiger partial charge in [-0.05, 0) is 55.8 Å². The number of hydrogen-bond donors (Lipinski definition) is 2. The van der Waals surface area contributed by atoms with E-state index >= 15 is 0 Å². The van der Waals surface area contributed by atoms with Gasteiger partial charge in [0.1, 0.15) is 0 Å². The Hall–Kier alpha value is -3.68. The van der Waals surface area contributed by atoms with Crippen molar-refractivity contribution in [2.45, 2.75) is 33.1 Å². The van der Waals surface area contributed by atoms with Crippen LogP contribution < -0.4 is 10.6 Å². The maximum Gasteiger partial charge on any atom is 0.338 e. The van der Waals surface area contributed by atoms with E-state index in [-0.39, 0.29) is 36.7 Å². The molecule has 33 heavy (non-hydrogen) atoms. The van der Waals surface area contributed by atoms with Gasteiger partial charge in [0.25, 0.3) is 5.91 Å². The molecule has 3 amide bonds. The van der Waals surface area contributed by atoms with Crippen molar-refractivity contribution in [2.75, 3.05) is 30.3 Å². The number of nitrogens with one attached hydrogen (secondary N) is 2. The van der Waals surface area contributed by atoms with Crippen molar-refractivity contribution in [2.24, 2.45) is 5.92 Å². The molecule has 1 aliphatic rings. The van der Waals surface area contributed by atoms with Crippen LogP contribution in [0.3, 0.4) is 0 Å². The monoisotopic (exact) mass is 451 g/mol. The van der Waals surface area contributed by atoms with E-state index < -0.39 is 5.97 Å². The number of likely N-dealkylation sites (tertiary alicyclic amines) is 1. The first-order valence-electron chi connectivity index (χ1n) is 11.2. The predicted octanol–water partition coefficient (Wildman–Crippen LogP) is 3.70. The Kier molecular flexibility index (Phi) is 8.18. The van der Waals surface area contributed by atoms with Crippen LogP contribution in [0.1, 0.15) is 53.8 Å². The average molecular weight is 452 g/mol. The summed E-state index contributed by atoms with van der Waals surface area (Å²) in [6, 6.07) is 13.0. The van der Waals surface area contributed by atoms with Crippen LogP contribution in [0.4, 0.5) is 11.4 Å². The van der Waals surface area contributed by atoms with E-state index in [9.17, 15) is 19.2 Å². The molecule has 8 heteroatoms. The van der Waals surface area contributed by atoms with Gasteiger partial charge in [-0.15, -0.1) is 0 Å². The summed E-state index contributed by atoms with van der Waals surface area (Å²) in [5.41, 5.74) is 1.78. The standard InChI is InChI=1S/C25H29N3O5/c1-3-5-13-28-16-19(15-22(28)29)24(31)26-20-11-9-17(10-12-20)23(30)27-21-8-6-7-18(14-21)25(32)33-4-2/h6-12,14,19H,3-5,13,15-16H2,1-2H3,(H,26,31)(H,27,30). The summed E-state index contributed by atoms with van der Waals surface area (Å²) < 4.78 is 4.98. The van der Waals surface area contributed by atoms with E-state index in [1.54, 1.807) is 60.4 Å². The highest BCUT2D eigenvalue weighted by molar-refractivity contribution is 6.05. The summed E-state index contributed by atoms with van der Waals surface area (Å²) in [5, 5.41) is 5.58. The van der Waals surface area contributed by atoms with Crippen LogP contribution in [0.5, 0.6) is 0 Å². The molecule has 1 atom stereocenters. The molecule has 0 spiro atoms. The first-order valence-corrected chi connectivity index (χ1v) is 11.2. The largest absolute Gasteiger partial charge is 0.462 e. The third-order valence-corrected chi connectivity index (χ3v) is 5.41. The van der Waals surface area contributed by atoms with Gasteiger partial charge < -0.3 is 20.3 Å². The first kappa shape index (κ1) is 24.0. The Morgan fingerprint density at radius 3 is 2.45 bits per heavy atom. The number of nitrogens with zero attached hydrogens (tertiary/aromatic N) is 1. The lowest BCUT2D eigenvalue weighted by Crippen LogP contribution is -2.29. The number of esters is 1. The molecule has 0 radical (unpaired) electrons. The smallest absolute Gasteiger partial charge is 0.338 e. The van der Waals surface area contributed by atoms with Crippen molar-refractivity contribution in [3.05, 3.63) is 59.7 Å². The fourth-order valence-electron chi connectivity index (χ4n) is 3.60. The lowest BCUT2D eigenvalue weighted by Gasteiger charge is -2.16. The quantitative estimate of drug-likeness (QED) is 0.566. The number of unbranched alkanes of at least 4 members (excludes halogenated alkanes) is 1. The number of carbonyl (C=O) groups is 4. The molecule has 0 aliphatic carbocycles. The molecular weight excluding hydrogens is 422 g/mol. The van der Waals surface area contributed by atoms with E-state index in [1.807, 2.05) is 0 Å². The summed E-state index contributed by atoms with van der Waals surface area (Å²) in [6.07, 6.45) is 2.15. The lowest BCUT2D eigenvalue weighted by atomic mass is 10.1. The van der Waals surface area contributed by atoms with Gasteiger partial charge in [0, 0.05) is 36.4 Å². The Morgan fingerprint density at radius 2 is 1.76 bits per heavy atom. The van der Waals surface area contributed by atoms with E-state index in [4.69, 9.17) is 4.74 Å². The summed E-state index contributed by atoms with van der Waals surface area (Å²) in [7, 11) is 0. The topological polar surface area (TPSA) is 105 Å². The van der Waals surface area contributed by atoms with Crippen molar-refractivity contribution in [3.8, 4) is 0 Å². The van der Waals surface area contributed by atoms with Crippen LogP contribution in [-0.2, 0) is 14.3 Å². The number of carbonyl (C=O) groups excluding carboxylic acids is 4. The van der Waals surface area contributed by atoms with E-state index in [1.165, 1.54) is 0 Å². The zero-order chi connectivity index (χ0) is 23.8. The molecule has 0 saturated carbocycles. The van der Waals surface area contributed by atoms with Crippen molar-refractivity contribution in [1.29, 1.82) is 0 Å². The van der Waals surface area contributed by atoms with E-state index in [2.05, 4.69) is 17.6 Å². The zero-order valence-electron chi connectivity index (χ0n) is 18.9. The Morgan fingerprint density at radius 1 is 1.00 bits per heavy atom. The molecule has 1 saturated heterocycles. The van der Waals surface area contributed by atoms with Gasteiger partial charge in [0.05, 0.1) is 18.1 Å². The Balaban J connectivity index is 1.56. The first-order chi connectivity index (χ1) is 15.9. The summed E-state index contributed by atoms with van der Waals surface area (Å²) in [6.45, 7) is 5.19. The van der Waals surface area contributed by atoms with Crippen LogP contribution in [0.15, 0.2) is 48.5 Å². The summed E-state index contributed by atoms with van der Waals surface area (Å²) in [5.74, 6) is -1.35. The molecule has 1 fully saturated rings. The molecule has 174 valence electrons. The molecular formula is C25H29N3O5. The van der Waals surface area contributed by atoms with Crippen molar-refractivity contribution in [3.63, 3.8) is 0 Å². The number of benzene rings is 2. The highest BCUT2D eigenvalue weighted by Crippen LogP contribution is 2.21. The molecule has 0 bridgehead atoms. The molecule has 2 aromatic carbocycles. The summed E-state index contributed by atoms with van der Waals surface area (Å²) >= 11 is 0. The van der Waals surface area contributed by atoms with Gasteiger partial charge in [0.15, 0.2) is 0 Å². The highest BCUT2D eigenvalue weighted by atomic mass is 16.5. The highest BCUT2D eigenvalue weighted by Gasteiger charge is 2.33. The van der Waals surface area contributed by atoms with Gasteiger partial charge in [-0.3, -0.25) is 14.4 Å². The van der Waals surface area contributed by atoms with Crippen molar-refractivity contribution in [1.82, 2.24) is 4.90 Å². The minimum atomic E-state index is -0.453. The molecule has 8 nitrogen and oxygen atoms in total. The van der Waals surface area contributed by atoms with Gasteiger partial charge >= 0.3 is 5.97 Å². The number of rotatable bonds is 9. The lowest BCUT2D eigenvalue weighted by molar-refractivity contribution is -0.128. The minimum absolute atomic E-state index is 0.0163. The van der Waals surface area contributed by atoms with Gasteiger partial charge in [-0.25, -0.2) is 4.79 Å². The molecule has 0 aromatic heterocycles. The second kappa shape index (κ2) is 11.3. The van der Waals surface area contributed by atoms with Gasteiger partial charge in [-0.1, -0.05) is 19.4 Å². The molecule has 1 aliphatic heterocycles. The van der Waals surface area contributed by atoms with Crippen molar-refractivity contribution < 1.29 is 23.9 Å². The fourth-order valence-corrected chi connectivity index (χ4v) is 3.60. The number of ether oxygens (including phenoxy) is 1. The molecule has 3 rings (SSSR count). The minimum Gasteiger partial charge on any atom is -0.462 e. The van der Waals surface area contributed by atoms with Gasteiger partial charge in [-0.2, -0.15) is 0 Å². The zero-order valence-corrected chi connectivity index (χ0v) is 18.9. The average Bonchev–Trinajstić information content (AvgIpc) is 3.19. The van der Waals surface area contributed by atoms with E-state index in [0.29, 0.717) is 35.6 Å². The predicted molar refractivity (Wildman–Crippen MR) is 125 cm³/mol. The molecule has 1 heterocycles. The molecule has 1 unspecified atom stereocenters. The van der Waals surface area contributed by atoms with Crippen LogP contribution in [0.2, 0.25) is 0 Å². The second-order valence-electron chi connectivity index (χ2n) is 7.92. The van der Waals surface area contributed by atoms with Crippen LogP contribution >= 0.6 is 0 Å². The third kappa shape index (κ3) is 6.41. The molecule has 2 aromatic rings. The van der Waals surface area contributed by atoms with Crippen LogP contribution in [0, 0.1) is 5.92 Å². The number of anilines is 2. The van der Waals surface area contributed by atoms with E-state index in [0.717, 1.165) is 12.8 Å². The second-order valence-corrected chi connectivity index (χ2v) is 7.92. The maximum absolute atomic E-state index is 12.6. The van der Waals surface area contributed by atoms with Gasteiger partial charge in [0.2, 0.25) is 11.8 Å². The number of hydrogen-bond acceptors (Lipinski definition) is 5. The van der Waals surface area contributed by atoms with Crippen LogP contribution in [-0.4, -0.2) is 48.3 Å². The third-order valence-electron chi connectivity index (χ3n) is 5.41. The Bertz CT molecular complexity index is 1020. The van der Waals surface area contributed by atoms with Crippen molar-refractivity contribution >= 4 is 35.1 Å². The number of amides is 3. The van der Waals surface area contributed by atoms with Crippen LogP contribution in [0.25, 0.3) is 0 Å². The fraction of sp³-hybridized carbons (Fsp3) is 0.360.